The first kappa shape index (κ1) is 23.7. The number of aryl methyl sites for hydroxylation is 4. The summed E-state index contributed by atoms with van der Waals surface area (Å²) < 4.78 is 14.4. The Hall–Kier alpha value is -4.07. The van der Waals surface area contributed by atoms with Crippen molar-refractivity contribution in [2.75, 3.05) is 6.79 Å². The van der Waals surface area contributed by atoms with E-state index in [9.17, 15) is 9.59 Å². The average Bonchev–Trinajstić information content (AvgIpc) is 3.47. The van der Waals surface area contributed by atoms with Crippen molar-refractivity contribution < 1.29 is 14.3 Å². The van der Waals surface area contributed by atoms with Crippen molar-refractivity contribution in [1.29, 1.82) is 0 Å². The summed E-state index contributed by atoms with van der Waals surface area (Å²) in [4.78, 5) is 26.2. The van der Waals surface area contributed by atoms with E-state index in [4.69, 9.17) is 14.6 Å². The summed E-state index contributed by atoms with van der Waals surface area (Å²) in [5, 5.41) is 8.71. The molecule has 0 radical (unpaired) electrons. The summed E-state index contributed by atoms with van der Waals surface area (Å²) in [6.45, 7) is 9.03. The van der Waals surface area contributed by atoms with Crippen LogP contribution in [0.25, 0.3) is 16.7 Å². The van der Waals surface area contributed by atoms with Crippen molar-refractivity contribution in [2.24, 2.45) is 0 Å². The third-order valence-corrected chi connectivity index (χ3v) is 6.71. The molecule has 0 unspecified atom stereocenters. The minimum atomic E-state index is -0.109. The first-order chi connectivity index (χ1) is 17.4. The topological polar surface area (TPSA) is 87.4 Å². The Morgan fingerprint density at radius 2 is 1.89 bits per heavy atom. The molecule has 1 aliphatic rings. The van der Waals surface area contributed by atoms with Crippen LogP contribution < -0.4 is 20.3 Å². The lowest BCUT2D eigenvalue weighted by molar-refractivity contribution is -0.121. The number of rotatable bonds is 7. The van der Waals surface area contributed by atoms with Gasteiger partial charge >= 0.3 is 0 Å². The maximum absolute atomic E-state index is 13.6. The second-order valence-electron chi connectivity index (χ2n) is 9.15. The van der Waals surface area contributed by atoms with Gasteiger partial charge in [-0.05, 0) is 75.1 Å². The van der Waals surface area contributed by atoms with Crippen LogP contribution in [0.2, 0.25) is 0 Å². The molecule has 0 saturated heterocycles. The van der Waals surface area contributed by atoms with E-state index in [-0.39, 0.29) is 24.7 Å². The number of ether oxygens (including phenoxy) is 2. The minimum Gasteiger partial charge on any atom is -0.454 e. The molecule has 3 heterocycles. The lowest BCUT2D eigenvalue weighted by Crippen LogP contribution is -2.28. The molecular weight excluding hydrogens is 456 g/mol. The van der Waals surface area contributed by atoms with Crippen molar-refractivity contribution in [3.8, 4) is 17.2 Å². The van der Waals surface area contributed by atoms with Gasteiger partial charge in [-0.15, -0.1) is 0 Å². The summed E-state index contributed by atoms with van der Waals surface area (Å²) in [5.41, 5.74) is 6.11. The fourth-order valence-corrected chi connectivity index (χ4v) is 4.88. The third kappa shape index (κ3) is 4.23. The fourth-order valence-electron chi connectivity index (χ4n) is 4.88. The Bertz CT molecular complexity index is 1530. The smallest absolute Gasteiger partial charge is 0.255 e. The molecule has 1 amide bonds. The molecule has 186 valence electrons. The lowest BCUT2D eigenvalue weighted by Gasteiger charge is -2.15. The van der Waals surface area contributed by atoms with Crippen LogP contribution in [-0.4, -0.2) is 27.0 Å². The zero-order chi connectivity index (χ0) is 25.4. The quantitative estimate of drug-likeness (QED) is 0.425. The van der Waals surface area contributed by atoms with E-state index in [0.29, 0.717) is 36.6 Å². The van der Waals surface area contributed by atoms with Crippen molar-refractivity contribution in [3.63, 3.8) is 0 Å². The molecule has 2 aromatic heterocycles. The molecular formula is C28H30N4O4. The largest absolute Gasteiger partial charge is 0.454 e. The summed E-state index contributed by atoms with van der Waals surface area (Å²) in [7, 11) is 0. The van der Waals surface area contributed by atoms with Crippen LogP contribution in [0.3, 0.4) is 0 Å². The Balaban J connectivity index is 1.39. The lowest BCUT2D eigenvalue weighted by atomic mass is 10.0. The van der Waals surface area contributed by atoms with Crippen LogP contribution in [0.5, 0.6) is 11.5 Å². The van der Waals surface area contributed by atoms with Crippen LogP contribution in [0, 0.1) is 20.8 Å². The van der Waals surface area contributed by atoms with Gasteiger partial charge in [-0.25, -0.2) is 4.68 Å². The van der Waals surface area contributed by atoms with Crippen molar-refractivity contribution >= 4 is 16.9 Å². The van der Waals surface area contributed by atoms with Crippen LogP contribution in [0.15, 0.2) is 47.3 Å². The van der Waals surface area contributed by atoms with Crippen LogP contribution in [0.4, 0.5) is 0 Å². The summed E-state index contributed by atoms with van der Waals surface area (Å²) in [6.07, 6.45) is 0.587. The molecule has 4 aromatic rings. The van der Waals surface area contributed by atoms with Gasteiger partial charge in [0.2, 0.25) is 12.7 Å². The summed E-state index contributed by atoms with van der Waals surface area (Å²) >= 11 is 0. The van der Waals surface area contributed by atoms with Gasteiger partial charge in [0.25, 0.3) is 5.56 Å². The number of hydrogen-bond donors (Lipinski definition) is 1. The van der Waals surface area contributed by atoms with Gasteiger partial charge in [-0.2, -0.15) is 5.10 Å². The van der Waals surface area contributed by atoms with Crippen LogP contribution in [0.1, 0.15) is 41.3 Å². The van der Waals surface area contributed by atoms with E-state index in [1.54, 1.807) is 4.57 Å². The number of carbonyl (C=O) groups is 1. The third-order valence-electron chi connectivity index (χ3n) is 6.71. The van der Waals surface area contributed by atoms with E-state index in [1.165, 1.54) is 0 Å². The van der Waals surface area contributed by atoms with Crippen molar-refractivity contribution in [3.05, 3.63) is 80.8 Å². The second-order valence-corrected chi connectivity index (χ2v) is 9.15. The van der Waals surface area contributed by atoms with Crippen molar-refractivity contribution in [2.45, 2.75) is 53.6 Å². The highest BCUT2D eigenvalue weighted by atomic mass is 16.7. The molecule has 0 saturated carbocycles. The Morgan fingerprint density at radius 3 is 2.67 bits per heavy atom. The zero-order valence-electron chi connectivity index (χ0n) is 21.1. The van der Waals surface area contributed by atoms with E-state index < -0.39 is 0 Å². The minimum absolute atomic E-state index is 0.0696. The molecule has 5 rings (SSSR count). The highest BCUT2D eigenvalue weighted by Crippen LogP contribution is 2.32. The van der Waals surface area contributed by atoms with Gasteiger partial charge in [-0.3, -0.25) is 14.2 Å². The highest BCUT2D eigenvalue weighted by Gasteiger charge is 2.21. The van der Waals surface area contributed by atoms with E-state index in [1.807, 2.05) is 68.8 Å². The maximum atomic E-state index is 13.6. The van der Waals surface area contributed by atoms with Gasteiger partial charge in [0.05, 0.1) is 11.4 Å². The Kier molecular flexibility index (Phi) is 6.26. The van der Waals surface area contributed by atoms with Gasteiger partial charge in [0.1, 0.15) is 5.65 Å². The van der Waals surface area contributed by atoms with E-state index in [0.717, 1.165) is 39.1 Å². The van der Waals surface area contributed by atoms with E-state index >= 15 is 0 Å². The number of aromatic nitrogens is 3. The number of nitrogens with one attached hydrogen (secondary N) is 1. The maximum Gasteiger partial charge on any atom is 0.255 e. The first-order valence-corrected chi connectivity index (χ1v) is 12.2. The molecule has 0 atom stereocenters. The predicted octanol–water partition coefficient (Wildman–Crippen LogP) is 4.11. The molecule has 0 fully saturated rings. The normalized spacial score (nSPS) is 12.3. The molecule has 1 aliphatic heterocycles. The Labute approximate surface area is 209 Å². The molecule has 0 spiro atoms. The summed E-state index contributed by atoms with van der Waals surface area (Å²) in [5.74, 6) is 1.29. The molecule has 36 heavy (non-hydrogen) atoms. The molecule has 2 aromatic carbocycles. The number of benzene rings is 2. The van der Waals surface area contributed by atoms with Gasteiger partial charge in [0, 0.05) is 30.5 Å². The zero-order valence-corrected chi connectivity index (χ0v) is 21.1. The second kappa shape index (κ2) is 9.53. The summed E-state index contributed by atoms with van der Waals surface area (Å²) in [6, 6.07) is 13.7. The highest BCUT2D eigenvalue weighted by molar-refractivity contribution is 5.85. The molecule has 1 N–H and O–H groups in total. The standard InChI is InChI=1S/C28H30N4O4/c1-5-31-27-26(19(4)30-32(27)21-8-6-7-17(2)13-21)18(3)22(28(31)34)10-12-25(33)29-15-20-9-11-23-24(14-20)36-16-35-23/h6-9,11,13-14H,5,10,12,15-16H2,1-4H3,(H,29,33). The average molecular weight is 487 g/mol. The molecule has 0 aliphatic carbocycles. The monoisotopic (exact) mass is 486 g/mol. The fraction of sp³-hybridized carbons (Fsp3) is 0.321. The number of carbonyl (C=O) groups excluding carboxylic acids is 1. The SMILES string of the molecule is CCn1c(=O)c(CCC(=O)NCc2ccc3c(c2)OCO3)c(C)c2c(C)nn(-c3cccc(C)c3)c21. The number of fused-ring (bicyclic) bond motifs is 2. The molecule has 8 heteroatoms. The Morgan fingerprint density at radius 1 is 1.08 bits per heavy atom. The number of amides is 1. The number of hydrogen-bond acceptors (Lipinski definition) is 5. The number of pyridine rings is 1. The predicted molar refractivity (Wildman–Crippen MR) is 138 cm³/mol. The van der Waals surface area contributed by atoms with Crippen LogP contribution in [-0.2, 0) is 24.3 Å². The number of nitrogens with zero attached hydrogens (tertiary/aromatic N) is 3. The van der Waals surface area contributed by atoms with Crippen LogP contribution >= 0.6 is 0 Å². The first-order valence-electron chi connectivity index (χ1n) is 12.2. The van der Waals surface area contributed by atoms with Gasteiger partial charge in [0.15, 0.2) is 11.5 Å². The van der Waals surface area contributed by atoms with Gasteiger partial charge < -0.3 is 14.8 Å². The van der Waals surface area contributed by atoms with E-state index in [2.05, 4.69) is 11.4 Å². The van der Waals surface area contributed by atoms with Crippen molar-refractivity contribution in [1.82, 2.24) is 19.7 Å². The molecule has 8 nitrogen and oxygen atoms in total. The molecule has 0 bridgehead atoms. The van der Waals surface area contributed by atoms with Gasteiger partial charge in [-0.1, -0.05) is 18.2 Å².